The van der Waals surface area contributed by atoms with Crippen molar-refractivity contribution in [2.45, 2.75) is 73.0 Å². The smallest absolute Gasteiger partial charge is 0.331 e. The van der Waals surface area contributed by atoms with Crippen LogP contribution < -0.4 is 0 Å². The molecule has 5 nitrogen and oxygen atoms in total. The van der Waals surface area contributed by atoms with E-state index in [1.807, 2.05) is 13.8 Å². The summed E-state index contributed by atoms with van der Waals surface area (Å²) in [5.74, 6) is -0.388. The van der Waals surface area contributed by atoms with E-state index in [9.17, 15) is 14.4 Å². The molecule has 0 amide bonds. The molecule has 6 atom stereocenters. The number of fused-ring (bicyclic) bond motifs is 1. The Labute approximate surface area is 168 Å². The molecule has 0 spiro atoms. The van der Waals surface area contributed by atoms with E-state index in [0.29, 0.717) is 18.8 Å². The summed E-state index contributed by atoms with van der Waals surface area (Å²) in [5.41, 5.74) is 1.79. The average Bonchev–Trinajstić information content (AvgIpc) is 2.93. The summed E-state index contributed by atoms with van der Waals surface area (Å²) in [7, 11) is 0. The van der Waals surface area contributed by atoms with Gasteiger partial charge in [0.2, 0.25) is 0 Å². The number of esters is 2. The number of Topliss-reactive ketones (excluding diaryl/α,β-unsaturated/α-hetero) is 1. The third kappa shape index (κ3) is 4.73. The third-order valence-electron chi connectivity index (χ3n) is 6.44. The lowest BCUT2D eigenvalue weighted by Crippen LogP contribution is -2.44. The monoisotopic (exact) mass is 390 g/mol. The summed E-state index contributed by atoms with van der Waals surface area (Å²) >= 11 is 0. The van der Waals surface area contributed by atoms with Crippen molar-refractivity contribution in [3.05, 3.63) is 23.8 Å². The van der Waals surface area contributed by atoms with Crippen molar-refractivity contribution in [2.24, 2.45) is 29.6 Å². The molecule has 2 fully saturated rings. The second-order valence-corrected chi connectivity index (χ2v) is 8.68. The first-order valence-electron chi connectivity index (χ1n) is 10.3. The highest BCUT2D eigenvalue weighted by Crippen LogP contribution is 2.53. The van der Waals surface area contributed by atoms with Crippen LogP contribution in [0.25, 0.3) is 0 Å². The summed E-state index contributed by atoms with van der Waals surface area (Å²) in [6, 6.07) is 0. The van der Waals surface area contributed by atoms with Gasteiger partial charge in [0.05, 0.1) is 5.92 Å². The quantitative estimate of drug-likeness (QED) is 0.385. The highest BCUT2D eigenvalue weighted by atomic mass is 16.5. The fraction of sp³-hybridized carbons (Fsp3) is 0.696. The lowest BCUT2D eigenvalue weighted by atomic mass is 9.63. The van der Waals surface area contributed by atoms with Crippen molar-refractivity contribution in [2.75, 3.05) is 0 Å². The minimum Gasteiger partial charge on any atom is -0.462 e. The molecule has 5 heteroatoms. The lowest BCUT2D eigenvalue weighted by molar-refractivity contribution is -0.153. The van der Waals surface area contributed by atoms with E-state index in [-0.39, 0.29) is 47.5 Å². The van der Waals surface area contributed by atoms with Crippen LogP contribution in [-0.2, 0) is 23.9 Å². The van der Waals surface area contributed by atoms with E-state index < -0.39 is 6.10 Å². The SMILES string of the molecule is C=C1[C@H](OC(=O)/C=C(\C)CC)C[C@@H](C(C)C)[C@@H]2[C@H]([C@@H](C)OC(C)=O)C(=O)C[C@@H]12. The van der Waals surface area contributed by atoms with Crippen molar-refractivity contribution >= 4 is 17.7 Å². The zero-order valence-corrected chi connectivity index (χ0v) is 18.0. The van der Waals surface area contributed by atoms with Gasteiger partial charge in [-0.1, -0.05) is 32.9 Å². The molecule has 28 heavy (non-hydrogen) atoms. The molecule has 0 aliphatic heterocycles. The topological polar surface area (TPSA) is 69.7 Å². The Morgan fingerprint density at radius 1 is 1.25 bits per heavy atom. The molecular formula is C23H34O5. The van der Waals surface area contributed by atoms with Crippen molar-refractivity contribution in [3.63, 3.8) is 0 Å². The van der Waals surface area contributed by atoms with Crippen molar-refractivity contribution < 1.29 is 23.9 Å². The van der Waals surface area contributed by atoms with Gasteiger partial charge in [0.1, 0.15) is 18.0 Å². The van der Waals surface area contributed by atoms with Crippen LogP contribution in [0.3, 0.4) is 0 Å². The lowest BCUT2D eigenvalue weighted by Gasteiger charge is -2.44. The predicted octanol–water partition coefficient (Wildman–Crippen LogP) is 4.26. The average molecular weight is 391 g/mol. The van der Waals surface area contributed by atoms with E-state index in [2.05, 4.69) is 20.4 Å². The van der Waals surface area contributed by atoms with Crippen LogP contribution in [0.2, 0.25) is 0 Å². The highest BCUT2D eigenvalue weighted by Gasteiger charge is 2.55. The molecule has 0 aromatic carbocycles. The number of ether oxygens (including phenoxy) is 2. The van der Waals surface area contributed by atoms with Crippen LogP contribution in [0.5, 0.6) is 0 Å². The minimum atomic E-state index is -0.455. The maximum atomic E-state index is 12.8. The summed E-state index contributed by atoms with van der Waals surface area (Å²) < 4.78 is 11.1. The number of carbonyl (C=O) groups is 3. The van der Waals surface area contributed by atoms with Gasteiger partial charge in [0.15, 0.2) is 0 Å². The van der Waals surface area contributed by atoms with Gasteiger partial charge in [0.25, 0.3) is 0 Å². The van der Waals surface area contributed by atoms with Crippen molar-refractivity contribution in [3.8, 4) is 0 Å². The Balaban J connectivity index is 2.26. The summed E-state index contributed by atoms with van der Waals surface area (Å²) in [4.78, 5) is 36.6. The molecule has 2 rings (SSSR count). The first-order valence-corrected chi connectivity index (χ1v) is 10.3. The number of ketones is 1. The molecule has 0 saturated heterocycles. The fourth-order valence-electron chi connectivity index (χ4n) is 4.92. The Hall–Kier alpha value is -1.91. The second kappa shape index (κ2) is 9.06. The van der Waals surface area contributed by atoms with E-state index in [1.54, 1.807) is 6.92 Å². The van der Waals surface area contributed by atoms with Crippen LogP contribution >= 0.6 is 0 Å². The number of allylic oxidation sites excluding steroid dienone is 1. The Morgan fingerprint density at radius 2 is 1.89 bits per heavy atom. The van der Waals surface area contributed by atoms with E-state index in [4.69, 9.17) is 9.47 Å². The van der Waals surface area contributed by atoms with Crippen LogP contribution in [0.15, 0.2) is 23.8 Å². The molecule has 0 N–H and O–H groups in total. The fourth-order valence-corrected chi connectivity index (χ4v) is 4.92. The number of hydrogen-bond acceptors (Lipinski definition) is 5. The molecule has 2 aliphatic carbocycles. The van der Waals surface area contributed by atoms with Crippen molar-refractivity contribution in [1.82, 2.24) is 0 Å². The third-order valence-corrected chi connectivity index (χ3v) is 6.44. The maximum absolute atomic E-state index is 12.8. The van der Waals surface area contributed by atoms with Crippen molar-refractivity contribution in [1.29, 1.82) is 0 Å². The molecular weight excluding hydrogens is 356 g/mol. The standard InChI is InChI=1S/C23H34O5/c1-8-13(4)9-21(26)28-20-11-17(12(2)3)23-18(14(20)5)10-19(25)22(23)15(6)27-16(7)24/h9,12,15,17-18,20,22-23H,5,8,10-11H2,1-4,6-7H3/b13-9+/t15-,17+,18+,20-,22-,23+/m1/s1. The van der Waals surface area contributed by atoms with E-state index in [0.717, 1.165) is 17.6 Å². The normalized spacial score (nSPS) is 31.5. The van der Waals surface area contributed by atoms with Gasteiger partial charge < -0.3 is 9.47 Å². The predicted molar refractivity (Wildman–Crippen MR) is 107 cm³/mol. The van der Waals surface area contributed by atoms with Gasteiger partial charge in [-0.05, 0) is 55.9 Å². The molecule has 0 heterocycles. The van der Waals surface area contributed by atoms with Gasteiger partial charge in [-0.3, -0.25) is 9.59 Å². The van der Waals surface area contributed by atoms with E-state index >= 15 is 0 Å². The summed E-state index contributed by atoms with van der Waals surface area (Å²) in [5, 5.41) is 0. The zero-order chi connectivity index (χ0) is 21.2. The van der Waals surface area contributed by atoms with Gasteiger partial charge in [0, 0.05) is 19.4 Å². The molecule has 0 aromatic heterocycles. The first-order chi connectivity index (χ1) is 13.1. The summed E-state index contributed by atoms with van der Waals surface area (Å²) in [6.07, 6.45) is 2.53. The number of carbonyl (C=O) groups excluding carboxylic acids is 3. The Bertz CT molecular complexity index is 674. The molecule has 0 radical (unpaired) electrons. The number of rotatable bonds is 6. The maximum Gasteiger partial charge on any atom is 0.331 e. The van der Waals surface area contributed by atoms with Crippen LogP contribution in [-0.4, -0.2) is 29.9 Å². The van der Waals surface area contributed by atoms with Crippen LogP contribution in [0, 0.1) is 29.6 Å². The Kier molecular flexibility index (Phi) is 7.24. The summed E-state index contributed by atoms with van der Waals surface area (Å²) in [6.45, 7) is 15.5. The zero-order valence-electron chi connectivity index (χ0n) is 18.0. The van der Waals surface area contributed by atoms with Crippen LogP contribution in [0.1, 0.15) is 60.8 Å². The first kappa shape index (κ1) is 22.4. The van der Waals surface area contributed by atoms with Crippen LogP contribution in [0.4, 0.5) is 0 Å². The van der Waals surface area contributed by atoms with Gasteiger partial charge in [-0.25, -0.2) is 4.79 Å². The highest BCUT2D eigenvalue weighted by molar-refractivity contribution is 5.86. The van der Waals surface area contributed by atoms with E-state index in [1.165, 1.54) is 13.0 Å². The molecule has 156 valence electrons. The van der Waals surface area contributed by atoms with Gasteiger partial charge in [-0.2, -0.15) is 0 Å². The second-order valence-electron chi connectivity index (χ2n) is 8.68. The molecule has 2 aliphatic rings. The molecule has 2 saturated carbocycles. The van der Waals surface area contributed by atoms with Gasteiger partial charge in [-0.15, -0.1) is 0 Å². The largest absolute Gasteiger partial charge is 0.462 e. The molecule has 0 aromatic rings. The Morgan fingerprint density at radius 3 is 2.43 bits per heavy atom. The minimum absolute atomic E-state index is 0.0364. The van der Waals surface area contributed by atoms with Gasteiger partial charge >= 0.3 is 11.9 Å². The molecule has 0 bridgehead atoms. The molecule has 0 unspecified atom stereocenters. The number of hydrogen-bond donors (Lipinski definition) is 0.